The first kappa shape index (κ1) is 26.9. The monoisotopic (exact) mass is 581 g/mol. The molecule has 216 valence electrons. The van der Waals surface area contributed by atoms with E-state index in [1.54, 1.807) is 0 Å². The van der Waals surface area contributed by atoms with Crippen molar-refractivity contribution in [2.24, 2.45) is 0 Å². The van der Waals surface area contributed by atoms with Gasteiger partial charge in [0.1, 0.15) is 0 Å². The van der Waals surface area contributed by atoms with Crippen molar-refractivity contribution in [2.45, 2.75) is 26.7 Å². The van der Waals surface area contributed by atoms with E-state index in [1.807, 2.05) is 23.6 Å². The Balaban J connectivity index is 1.25. The second kappa shape index (κ2) is 10.8. The van der Waals surface area contributed by atoms with Crippen molar-refractivity contribution >= 4 is 27.5 Å². The third-order valence-electron chi connectivity index (χ3n) is 8.47. The van der Waals surface area contributed by atoms with Crippen molar-refractivity contribution < 1.29 is 0 Å². The summed E-state index contributed by atoms with van der Waals surface area (Å²) in [6, 6.07) is 42.3. The van der Waals surface area contributed by atoms with Crippen molar-refractivity contribution in [1.82, 2.24) is 24.6 Å². The van der Waals surface area contributed by atoms with Gasteiger partial charge in [0.15, 0.2) is 11.5 Å². The van der Waals surface area contributed by atoms with Gasteiger partial charge in [0.25, 0.3) is 0 Å². The molecule has 8 rings (SSSR count). The number of aromatic nitrogens is 5. The largest absolute Gasteiger partial charge is 0.251 e. The summed E-state index contributed by atoms with van der Waals surface area (Å²) in [4.78, 5) is 15.0. The van der Waals surface area contributed by atoms with Crippen LogP contribution in [0.2, 0.25) is 0 Å². The van der Waals surface area contributed by atoms with Crippen LogP contribution >= 0.6 is 0 Å². The predicted molar refractivity (Wildman–Crippen MR) is 184 cm³/mol. The van der Waals surface area contributed by atoms with Crippen LogP contribution in [0.25, 0.3) is 72.2 Å². The molecule has 45 heavy (non-hydrogen) atoms. The third kappa shape index (κ3) is 4.83. The standard InChI is InChI=1S/C40H31N5/c1-25(2)36-23-34(33-21-20-30-15-14-26(3)41-37(30)38(33)42-36)29-16-18-31(19-17-29)39-43-40-35(28-12-8-5-9-13-28)22-32(24-45(40)44-39)27-10-6-4-7-11-27/h4-25H,1-3H3. The summed E-state index contributed by atoms with van der Waals surface area (Å²) in [5, 5.41) is 7.18. The Hall–Kier alpha value is -5.68. The molecule has 4 heterocycles. The van der Waals surface area contributed by atoms with Crippen LogP contribution < -0.4 is 0 Å². The van der Waals surface area contributed by atoms with Crippen LogP contribution in [0, 0.1) is 6.92 Å². The smallest absolute Gasteiger partial charge is 0.182 e. The summed E-state index contributed by atoms with van der Waals surface area (Å²) in [6.07, 6.45) is 2.07. The summed E-state index contributed by atoms with van der Waals surface area (Å²) in [6.45, 7) is 6.41. The van der Waals surface area contributed by atoms with E-state index in [-0.39, 0.29) is 5.92 Å². The molecule has 0 fully saturated rings. The Morgan fingerprint density at radius 1 is 0.556 bits per heavy atom. The molecular weight excluding hydrogens is 550 g/mol. The van der Waals surface area contributed by atoms with Crippen molar-refractivity contribution in [3.8, 4) is 44.8 Å². The topological polar surface area (TPSA) is 56.0 Å². The van der Waals surface area contributed by atoms with Gasteiger partial charge in [-0.05, 0) is 53.3 Å². The molecular formula is C40H31N5. The molecule has 0 spiro atoms. The molecule has 4 aromatic carbocycles. The van der Waals surface area contributed by atoms with Crippen molar-refractivity contribution in [1.29, 1.82) is 0 Å². The summed E-state index contributed by atoms with van der Waals surface area (Å²) in [7, 11) is 0. The van der Waals surface area contributed by atoms with Gasteiger partial charge in [-0.25, -0.2) is 9.50 Å². The van der Waals surface area contributed by atoms with Crippen LogP contribution in [0.5, 0.6) is 0 Å². The first-order valence-corrected chi connectivity index (χ1v) is 15.3. The molecule has 0 radical (unpaired) electrons. The quantitative estimate of drug-likeness (QED) is 0.190. The Kier molecular flexibility index (Phi) is 6.45. The molecule has 0 aliphatic rings. The third-order valence-corrected chi connectivity index (χ3v) is 8.47. The molecule has 0 amide bonds. The molecule has 5 nitrogen and oxygen atoms in total. The van der Waals surface area contributed by atoms with Crippen molar-refractivity contribution in [2.75, 3.05) is 0 Å². The highest BCUT2D eigenvalue weighted by Gasteiger charge is 2.16. The average molecular weight is 582 g/mol. The maximum Gasteiger partial charge on any atom is 0.182 e. The van der Waals surface area contributed by atoms with E-state index in [1.165, 1.54) is 0 Å². The van der Waals surface area contributed by atoms with Gasteiger partial charge in [0.05, 0.1) is 11.0 Å². The number of nitrogens with zero attached hydrogens (tertiary/aromatic N) is 5. The lowest BCUT2D eigenvalue weighted by Gasteiger charge is -2.14. The maximum atomic E-state index is 5.10. The molecule has 0 N–H and O–H groups in total. The highest BCUT2D eigenvalue weighted by molar-refractivity contribution is 6.08. The molecule has 0 saturated carbocycles. The molecule has 0 bridgehead atoms. The van der Waals surface area contributed by atoms with E-state index in [2.05, 4.69) is 129 Å². The number of fused-ring (bicyclic) bond motifs is 4. The van der Waals surface area contributed by atoms with E-state index in [0.29, 0.717) is 5.82 Å². The Morgan fingerprint density at radius 3 is 1.96 bits per heavy atom. The first-order chi connectivity index (χ1) is 22.0. The number of hydrogen-bond donors (Lipinski definition) is 0. The fourth-order valence-electron chi connectivity index (χ4n) is 6.05. The zero-order valence-corrected chi connectivity index (χ0v) is 25.4. The molecule has 0 aliphatic heterocycles. The SMILES string of the molecule is Cc1ccc2ccc3c(-c4ccc(-c5nc6c(-c7ccccc7)cc(-c7ccccc7)cn6n5)cc4)cc(C(C)C)nc3c2n1. The molecule has 0 atom stereocenters. The molecule has 0 unspecified atom stereocenters. The average Bonchev–Trinajstić information content (AvgIpc) is 3.52. The van der Waals surface area contributed by atoms with E-state index >= 15 is 0 Å². The molecule has 0 saturated heterocycles. The fraction of sp³-hybridized carbons (Fsp3) is 0.100. The van der Waals surface area contributed by atoms with Gasteiger partial charge in [-0.1, -0.05) is 117 Å². The number of benzene rings is 4. The molecule has 5 heteroatoms. The summed E-state index contributed by atoms with van der Waals surface area (Å²) < 4.78 is 1.92. The Morgan fingerprint density at radius 2 is 1.22 bits per heavy atom. The maximum absolute atomic E-state index is 5.10. The molecule has 4 aromatic heterocycles. The normalized spacial score (nSPS) is 11.6. The summed E-state index contributed by atoms with van der Waals surface area (Å²) in [5.41, 5.74) is 12.4. The first-order valence-electron chi connectivity index (χ1n) is 15.3. The van der Waals surface area contributed by atoms with Gasteiger partial charge in [-0.2, -0.15) is 0 Å². The lowest BCUT2D eigenvalue weighted by Crippen LogP contribution is -1.97. The number of hydrogen-bond acceptors (Lipinski definition) is 4. The van der Waals surface area contributed by atoms with E-state index in [4.69, 9.17) is 20.1 Å². The van der Waals surface area contributed by atoms with Crippen molar-refractivity contribution in [3.63, 3.8) is 0 Å². The number of pyridine rings is 3. The van der Waals surface area contributed by atoms with Crippen LogP contribution in [-0.2, 0) is 0 Å². The lowest BCUT2D eigenvalue weighted by molar-refractivity contribution is 0.831. The summed E-state index contributed by atoms with van der Waals surface area (Å²) >= 11 is 0. The fourth-order valence-corrected chi connectivity index (χ4v) is 6.05. The number of rotatable bonds is 5. The van der Waals surface area contributed by atoms with Gasteiger partial charge < -0.3 is 0 Å². The van der Waals surface area contributed by atoms with Gasteiger partial charge >= 0.3 is 0 Å². The number of aryl methyl sites for hydroxylation is 1. The molecule has 0 aliphatic carbocycles. The van der Waals surface area contributed by atoms with Gasteiger partial charge in [-0.15, -0.1) is 5.10 Å². The van der Waals surface area contributed by atoms with Crippen LogP contribution in [0.1, 0.15) is 31.2 Å². The minimum Gasteiger partial charge on any atom is -0.251 e. The molecule has 8 aromatic rings. The van der Waals surface area contributed by atoms with Gasteiger partial charge in [0.2, 0.25) is 0 Å². The summed E-state index contributed by atoms with van der Waals surface area (Å²) in [5.74, 6) is 0.978. The predicted octanol–water partition coefficient (Wildman–Crippen LogP) is 9.93. The Labute approximate surface area is 261 Å². The van der Waals surface area contributed by atoms with Crippen LogP contribution in [0.4, 0.5) is 0 Å². The van der Waals surface area contributed by atoms with E-state index < -0.39 is 0 Å². The van der Waals surface area contributed by atoms with Crippen LogP contribution in [0.3, 0.4) is 0 Å². The van der Waals surface area contributed by atoms with E-state index in [9.17, 15) is 0 Å². The zero-order valence-electron chi connectivity index (χ0n) is 25.4. The van der Waals surface area contributed by atoms with E-state index in [0.717, 1.165) is 77.8 Å². The zero-order chi connectivity index (χ0) is 30.5. The highest BCUT2D eigenvalue weighted by Crippen LogP contribution is 2.36. The minimum atomic E-state index is 0.286. The second-order valence-electron chi connectivity index (χ2n) is 11.9. The van der Waals surface area contributed by atoms with Crippen molar-refractivity contribution in [3.05, 3.63) is 139 Å². The van der Waals surface area contributed by atoms with Gasteiger partial charge in [-0.3, -0.25) is 9.97 Å². The lowest BCUT2D eigenvalue weighted by atomic mass is 9.95. The van der Waals surface area contributed by atoms with Crippen LogP contribution in [0.15, 0.2) is 128 Å². The van der Waals surface area contributed by atoms with Gasteiger partial charge in [0, 0.05) is 45.0 Å². The van der Waals surface area contributed by atoms with Crippen LogP contribution in [-0.4, -0.2) is 24.6 Å². The second-order valence-corrected chi connectivity index (χ2v) is 11.9. The minimum absolute atomic E-state index is 0.286. The highest BCUT2D eigenvalue weighted by atomic mass is 15.3. The Bertz CT molecular complexity index is 2340.